The minimum Gasteiger partial charge on any atom is -0.507 e. The van der Waals surface area contributed by atoms with Gasteiger partial charge in [0.05, 0.1) is 36.1 Å². The summed E-state index contributed by atoms with van der Waals surface area (Å²) in [4.78, 5) is 10.4. The predicted octanol–water partition coefficient (Wildman–Crippen LogP) is 11.5. The van der Waals surface area contributed by atoms with Crippen molar-refractivity contribution in [2.75, 3.05) is 0 Å². The van der Waals surface area contributed by atoms with Crippen molar-refractivity contribution in [2.24, 2.45) is 0 Å². The molecule has 0 saturated heterocycles. The molecule has 0 aliphatic heterocycles. The van der Waals surface area contributed by atoms with Gasteiger partial charge in [-0.15, -0.1) is 0 Å². The summed E-state index contributed by atoms with van der Waals surface area (Å²) in [5.74, 6) is 0.947. The molecular weight excluding hydrogens is 643 g/mol. The lowest BCUT2D eigenvalue weighted by molar-refractivity contribution is 0.448. The molecule has 0 amide bonds. The van der Waals surface area contributed by atoms with Gasteiger partial charge in [0.25, 0.3) is 0 Å². The van der Waals surface area contributed by atoms with Gasteiger partial charge in [0.1, 0.15) is 22.7 Å². The smallest absolute Gasteiger partial charge is 0.149 e. The van der Waals surface area contributed by atoms with Crippen molar-refractivity contribution in [2.45, 2.75) is 59.7 Å². The third kappa shape index (κ3) is 5.46. The summed E-state index contributed by atoms with van der Waals surface area (Å²) < 4.78 is 8.89. The van der Waals surface area contributed by atoms with Gasteiger partial charge in [-0.05, 0) is 77.5 Å². The summed E-state index contributed by atoms with van der Waals surface area (Å²) in [5.41, 5.74) is 11.9. The number of hydrogen-bond donors (Lipinski definition) is 1. The molecule has 51 heavy (non-hydrogen) atoms. The molecule has 0 aliphatic rings. The molecule has 0 bridgehead atoms. The molecule has 0 spiro atoms. The second-order valence-electron chi connectivity index (χ2n) is 15.8. The number of phenolic OH excluding ortho intramolecular Hbond substituents is 1. The second-order valence-corrected chi connectivity index (χ2v) is 20.9. The van der Waals surface area contributed by atoms with Crippen molar-refractivity contribution in [3.05, 3.63) is 126 Å². The van der Waals surface area contributed by atoms with Crippen molar-refractivity contribution in [1.82, 2.24) is 14.5 Å². The fourth-order valence-electron chi connectivity index (χ4n) is 7.39. The summed E-state index contributed by atoms with van der Waals surface area (Å²) in [6.45, 7) is 17.7. The van der Waals surface area contributed by atoms with Gasteiger partial charge >= 0.3 is 0 Å². The van der Waals surface area contributed by atoms with E-state index >= 15 is 0 Å². The van der Waals surface area contributed by atoms with E-state index in [0.717, 1.165) is 77.7 Å². The Kier molecular flexibility index (Phi) is 7.58. The van der Waals surface area contributed by atoms with E-state index < -0.39 is 8.07 Å². The van der Waals surface area contributed by atoms with Crippen molar-refractivity contribution in [3.8, 4) is 45.2 Å². The summed E-state index contributed by atoms with van der Waals surface area (Å²) >= 11 is 0. The first kappa shape index (κ1) is 32.7. The van der Waals surface area contributed by atoms with Crippen LogP contribution in [0.5, 0.6) is 5.75 Å². The van der Waals surface area contributed by atoms with Crippen LogP contribution in [0, 0.1) is 13.8 Å². The second kappa shape index (κ2) is 11.8. The van der Waals surface area contributed by atoms with Crippen LogP contribution >= 0.6 is 0 Å². The Hall–Kier alpha value is -5.46. The highest BCUT2D eigenvalue weighted by Crippen LogP contribution is 2.45. The van der Waals surface area contributed by atoms with E-state index in [-0.39, 0.29) is 11.2 Å². The van der Waals surface area contributed by atoms with E-state index in [0.29, 0.717) is 11.4 Å². The van der Waals surface area contributed by atoms with Crippen LogP contribution in [0.2, 0.25) is 19.6 Å². The number of rotatable bonds is 5. The number of para-hydroxylation sites is 4. The average molecular weight is 686 g/mol. The van der Waals surface area contributed by atoms with Crippen LogP contribution in [0.3, 0.4) is 0 Å². The lowest BCUT2D eigenvalue weighted by atomic mass is 9.85. The fraction of sp³-hybridized carbons (Fsp3) is 0.200. The Morgan fingerprint density at radius 2 is 1.43 bits per heavy atom. The maximum atomic E-state index is 11.9. The van der Waals surface area contributed by atoms with Crippen LogP contribution in [0.4, 0.5) is 0 Å². The number of fused-ring (bicyclic) bond motifs is 4. The Bertz CT molecular complexity index is 2610. The van der Waals surface area contributed by atoms with E-state index in [1.165, 1.54) is 5.19 Å². The number of aromatic nitrogens is 3. The number of hydrogen-bond acceptors (Lipinski definition) is 4. The normalized spacial score (nSPS) is 12.4. The lowest BCUT2D eigenvalue weighted by Crippen LogP contribution is -2.37. The fourth-order valence-corrected chi connectivity index (χ4v) is 8.43. The topological polar surface area (TPSA) is 64.1 Å². The first-order valence-corrected chi connectivity index (χ1v) is 21.1. The highest BCUT2D eigenvalue weighted by atomic mass is 28.3. The van der Waals surface area contributed by atoms with Crippen LogP contribution in [-0.4, -0.2) is 27.7 Å². The first-order chi connectivity index (χ1) is 24.3. The highest BCUT2D eigenvalue weighted by molar-refractivity contribution is 6.88. The number of imidazole rings is 1. The van der Waals surface area contributed by atoms with Gasteiger partial charge in [-0.2, -0.15) is 0 Å². The zero-order valence-electron chi connectivity index (χ0n) is 30.6. The molecule has 0 saturated carbocycles. The van der Waals surface area contributed by atoms with E-state index in [1.54, 1.807) is 0 Å². The van der Waals surface area contributed by atoms with Crippen molar-refractivity contribution in [1.29, 1.82) is 0 Å². The molecule has 0 unspecified atom stereocenters. The highest BCUT2D eigenvalue weighted by Gasteiger charge is 2.27. The molecule has 8 rings (SSSR count). The zero-order chi connectivity index (χ0) is 35.8. The number of pyridine rings is 1. The molecule has 0 atom stereocenters. The minimum absolute atomic E-state index is 0.254. The molecule has 6 heteroatoms. The van der Waals surface area contributed by atoms with Crippen LogP contribution in [0.25, 0.3) is 72.4 Å². The van der Waals surface area contributed by atoms with E-state index in [4.69, 9.17) is 14.4 Å². The number of aryl methyl sites for hydroxylation is 2. The molecular formula is C45H43N3O2Si. The SMILES string of the molecule is Cc1cccc(C)c1-n1c(-c2cccc(C(C)(C)C)c2O)nc2c(-c3cc(-c4ccc([Si](C)(C)C)cn4)cc4c3oc3ccccc34)cccc21. The lowest BCUT2D eigenvalue weighted by Gasteiger charge is -2.22. The number of nitrogens with zero attached hydrogens (tertiary/aromatic N) is 3. The summed E-state index contributed by atoms with van der Waals surface area (Å²) in [5, 5.41) is 15.3. The first-order valence-electron chi connectivity index (χ1n) is 17.6. The van der Waals surface area contributed by atoms with Crippen LogP contribution in [0.1, 0.15) is 37.5 Å². The van der Waals surface area contributed by atoms with Gasteiger partial charge < -0.3 is 9.52 Å². The number of phenols is 1. The Balaban J connectivity index is 1.46. The molecule has 0 radical (unpaired) electrons. The zero-order valence-corrected chi connectivity index (χ0v) is 31.6. The number of benzene rings is 5. The third-order valence-corrected chi connectivity index (χ3v) is 12.2. The van der Waals surface area contributed by atoms with Crippen molar-refractivity contribution < 1.29 is 9.52 Å². The molecule has 8 aromatic rings. The molecule has 3 aromatic heterocycles. The molecule has 5 nitrogen and oxygen atoms in total. The van der Waals surface area contributed by atoms with Gasteiger partial charge in [-0.3, -0.25) is 9.55 Å². The minimum atomic E-state index is -1.51. The standard InChI is InChI=1S/C45H43N3O2Si/c1-27-14-11-15-28(2)41(27)48-38-20-13-17-32(40(38)47-44(48)33-18-12-19-36(42(33)49)45(3,4)5)35-25-29(37-23-22-30(26-46-37)51(6,7)8)24-34-31-16-9-10-21-39(31)50-43(34)35/h9-26,49H,1-8H3. The van der Waals surface area contributed by atoms with Crippen LogP contribution in [-0.2, 0) is 5.41 Å². The Labute approximate surface area is 300 Å². The Morgan fingerprint density at radius 3 is 2.14 bits per heavy atom. The summed E-state index contributed by atoms with van der Waals surface area (Å²) in [6.07, 6.45) is 2.05. The summed E-state index contributed by atoms with van der Waals surface area (Å²) in [7, 11) is -1.51. The van der Waals surface area contributed by atoms with Gasteiger partial charge in [-0.25, -0.2) is 4.98 Å². The molecule has 0 fully saturated rings. The van der Waals surface area contributed by atoms with Crippen LogP contribution in [0.15, 0.2) is 114 Å². The molecule has 3 heterocycles. The Morgan fingerprint density at radius 1 is 0.725 bits per heavy atom. The molecule has 0 aliphatic carbocycles. The van der Waals surface area contributed by atoms with E-state index in [2.05, 4.69) is 138 Å². The molecule has 5 aromatic carbocycles. The maximum absolute atomic E-state index is 11.9. The third-order valence-electron chi connectivity index (χ3n) is 10.1. The van der Waals surface area contributed by atoms with E-state index in [1.807, 2.05) is 30.3 Å². The van der Waals surface area contributed by atoms with Crippen LogP contribution < -0.4 is 5.19 Å². The van der Waals surface area contributed by atoms with Crippen molar-refractivity contribution >= 4 is 46.2 Å². The van der Waals surface area contributed by atoms with Crippen molar-refractivity contribution in [3.63, 3.8) is 0 Å². The number of aromatic hydroxyl groups is 1. The molecule has 254 valence electrons. The predicted molar refractivity (Wildman–Crippen MR) is 215 cm³/mol. The van der Waals surface area contributed by atoms with E-state index in [9.17, 15) is 5.11 Å². The average Bonchev–Trinajstić information content (AvgIpc) is 3.66. The number of furan rings is 1. The van der Waals surface area contributed by atoms with Gasteiger partial charge in [0, 0.05) is 33.7 Å². The molecule has 1 N–H and O–H groups in total. The van der Waals surface area contributed by atoms with Gasteiger partial charge in [0.15, 0.2) is 0 Å². The summed E-state index contributed by atoms with van der Waals surface area (Å²) in [6, 6.07) is 35.7. The quantitative estimate of drug-likeness (QED) is 0.183. The monoisotopic (exact) mass is 685 g/mol. The van der Waals surface area contributed by atoms with Gasteiger partial charge in [-0.1, -0.05) is 107 Å². The maximum Gasteiger partial charge on any atom is 0.149 e. The largest absolute Gasteiger partial charge is 0.507 e. The van der Waals surface area contributed by atoms with Gasteiger partial charge in [0.2, 0.25) is 0 Å².